The SMILES string of the molecule is CSC([S])CCC(F)(F)F. The molecule has 0 saturated heterocycles. The normalized spacial score (nSPS) is 15.3. The molecule has 0 aromatic rings. The standard InChI is InChI=1S/C5H8F3S2/c1-10-4(9)2-3-5(6,7)8/h4H,2-3H2,1H3. The van der Waals surface area contributed by atoms with E-state index in [2.05, 4.69) is 12.6 Å². The molecular formula is C5H8F3S2. The molecule has 0 N–H and O–H groups in total. The van der Waals surface area contributed by atoms with Crippen LogP contribution in [0.4, 0.5) is 13.2 Å². The Balaban J connectivity index is 3.36. The first kappa shape index (κ1) is 10.5. The fourth-order valence-electron chi connectivity index (χ4n) is 0.399. The Bertz CT molecular complexity index is 91.4. The highest BCUT2D eigenvalue weighted by molar-refractivity contribution is 8.09. The van der Waals surface area contributed by atoms with Crippen LogP contribution in [0.3, 0.4) is 0 Å². The van der Waals surface area contributed by atoms with E-state index in [-0.39, 0.29) is 11.0 Å². The summed E-state index contributed by atoms with van der Waals surface area (Å²) in [5, 5.41) is 0. The lowest BCUT2D eigenvalue weighted by atomic mass is 10.3. The fourth-order valence-corrected chi connectivity index (χ4v) is 0.871. The van der Waals surface area contributed by atoms with Crippen LogP contribution >= 0.6 is 24.4 Å². The Hall–Kier alpha value is 0.490. The van der Waals surface area contributed by atoms with E-state index in [1.807, 2.05) is 0 Å². The Morgan fingerprint density at radius 3 is 2.30 bits per heavy atom. The minimum Gasteiger partial charge on any atom is -0.171 e. The summed E-state index contributed by atoms with van der Waals surface area (Å²) in [6.07, 6.45) is -3.05. The molecule has 0 rings (SSSR count). The quantitative estimate of drug-likeness (QED) is 0.657. The zero-order chi connectivity index (χ0) is 8.20. The van der Waals surface area contributed by atoms with Gasteiger partial charge in [-0.3, -0.25) is 0 Å². The third-order valence-corrected chi connectivity index (χ3v) is 2.50. The largest absolute Gasteiger partial charge is 0.389 e. The highest BCUT2D eigenvalue weighted by Gasteiger charge is 2.27. The predicted octanol–water partition coefficient (Wildman–Crippen LogP) is 3.22. The summed E-state index contributed by atoms with van der Waals surface area (Å²) < 4.78 is 34.2. The maximum absolute atomic E-state index is 11.5. The lowest BCUT2D eigenvalue weighted by Gasteiger charge is -2.08. The number of thioether (sulfide) groups is 1. The molecule has 5 heteroatoms. The van der Waals surface area contributed by atoms with E-state index < -0.39 is 12.6 Å². The maximum atomic E-state index is 11.5. The highest BCUT2D eigenvalue weighted by Crippen LogP contribution is 2.26. The van der Waals surface area contributed by atoms with E-state index in [1.54, 1.807) is 6.26 Å². The van der Waals surface area contributed by atoms with Crippen LogP contribution in [0.2, 0.25) is 0 Å². The topological polar surface area (TPSA) is 0 Å². The van der Waals surface area contributed by atoms with E-state index in [0.29, 0.717) is 0 Å². The van der Waals surface area contributed by atoms with Crippen molar-refractivity contribution < 1.29 is 13.2 Å². The van der Waals surface area contributed by atoms with E-state index in [1.165, 1.54) is 11.8 Å². The van der Waals surface area contributed by atoms with Crippen LogP contribution in [-0.2, 0) is 0 Å². The monoisotopic (exact) mass is 189 g/mol. The first-order valence-electron chi connectivity index (χ1n) is 2.71. The van der Waals surface area contributed by atoms with Crippen molar-refractivity contribution in [2.24, 2.45) is 0 Å². The van der Waals surface area contributed by atoms with E-state index in [9.17, 15) is 13.2 Å². The third-order valence-electron chi connectivity index (χ3n) is 0.926. The molecular weight excluding hydrogens is 181 g/mol. The summed E-state index contributed by atoms with van der Waals surface area (Å²) in [4.78, 5) is 0. The summed E-state index contributed by atoms with van der Waals surface area (Å²) in [6.45, 7) is 0. The minimum absolute atomic E-state index is 0.0417. The average molecular weight is 189 g/mol. The Morgan fingerprint density at radius 2 is 2.00 bits per heavy atom. The number of rotatable bonds is 3. The van der Waals surface area contributed by atoms with Crippen molar-refractivity contribution in [2.45, 2.75) is 23.6 Å². The molecule has 1 atom stereocenters. The maximum Gasteiger partial charge on any atom is 0.389 e. The summed E-state index contributed by atoms with van der Waals surface area (Å²) >= 11 is 5.95. The molecule has 0 fully saturated rings. The van der Waals surface area contributed by atoms with Gasteiger partial charge in [0.05, 0.1) is 4.58 Å². The second-order valence-electron chi connectivity index (χ2n) is 1.82. The molecule has 0 amide bonds. The highest BCUT2D eigenvalue weighted by atomic mass is 32.2. The van der Waals surface area contributed by atoms with Crippen molar-refractivity contribution in [1.82, 2.24) is 0 Å². The van der Waals surface area contributed by atoms with Gasteiger partial charge < -0.3 is 0 Å². The van der Waals surface area contributed by atoms with Gasteiger partial charge in [-0.15, -0.1) is 0 Å². The van der Waals surface area contributed by atoms with Gasteiger partial charge in [0.15, 0.2) is 0 Å². The van der Waals surface area contributed by atoms with Crippen LogP contribution in [0.15, 0.2) is 0 Å². The van der Waals surface area contributed by atoms with Gasteiger partial charge in [0.25, 0.3) is 0 Å². The number of hydrogen-bond acceptors (Lipinski definition) is 1. The Morgan fingerprint density at radius 1 is 1.50 bits per heavy atom. The summed E-state index contributed by atoms with van der Waals surface area (Å²) in [5.74, 6) is 0. The Kier molecular flexibility index (Phi) is 4.60. The molecule has 0 aliphatic rings. The first-order chi connectivity index (χ1) is 4.45. The van der Waals surface area contributed by atoms with Gasteiger partial charge in [0.2, 0.25) is 0 Å². The molecule has 0 aromatic heterocycles. The third kappa shape index (κ3) is 6.61. The van der Waals surface area contributed by atoms with Gasteiger partial charge in [-0.05, 0) is 12.7 Å². The fraction of sp³-hybridized carbons (Fsp3) is 1.00. The van der Waals surface area contributed by atoms with Crippen molar-refractivity contribution in [3.05, 3.63) is 0 Å². The smallest absolute Gasteiger partial charge is 0.171 e. The van der Waals surface area contributed by atoms with Crippen molar-refractivity contribution in [3.63, 3.8) is 0 Å². The van der Waals surface area contributed by atoms with Crippen LogP contribution in [0.1, 0.15) is 12.8 Å². The van der Waals surface area contributed by atoms with Gasteiger partial charge in [0.1, 0.15) is 0 Å². The van der Waals surface area contributed by atoms with Crippen LogP contribution in [0.5, 0.6) is 0 Å². The second kappa shape index (κ2) is 4.38. The van der Waals surface area contributed by atoms with E-state index >= 15 is 0 Å². The van der Waals surface area contributed by atoms with Gasteiger partial charge in [0, 0.05) is 6.42 Å². The van der Waals surface area contributed by atoms with Gasteiger partial charge in [-0.25, -0.2) is 0 Å². The average Bonchev–Trinajstić information content (AvgIpc) is 1.81. The predicted molar refractivity (Wildman–Crippen MR) is 40.2 cm³/mol. The van der Waals surface area contributed by atoms with Crippen LogP contribution in [-0.4, -0.2) is 17.0 Å². The molecule has 1 radical (unpaired) electrons. The molecule has 0 aromatic carbocycles. The molecule has 0 heterocycles. The van der Waals surface area contributed by atoms with E-state index in [4.69, 9.17) is 0 Å². The van der Waals surface area contributed by atoms with Crippen molar-refractivity contribution in [3.8, 4) is 0 Å². The van der Waals surface area contributed by atoms with E-state index in [0.717, 1.165) is 0 Å². The van der Waals surface area contributed by atoms with Crippen LogP contribution < -0.4 is 0 Å². The van der Waals surface area contributed by atoms with Crippen molar-refractivity contribution >= 4 is 24.4 Å². The molecule has 1 unspecified atom stereocenters. The zero-order valence-corrected chi connectivity index (χ0v) is 7.07. The van der Waals surface area contributed by atoms with Gasteiger partial charge in [-0.1, -0.05) is 12.6 Å². The van der Waals surface area contributed by atoms with Crippen LogP contribution in [0.25, 0.3) is 0 Å². The number of halogens is 3. The molecule has 10 heavy (non-hydrogen) atoms. The zero-order valence-electron chi connectivity index (χ0n) is 5.44. The molecule has 61 valence electrons. The van der Waals surface area contributed by atoms with Crippen molar-refractivity contribution in [2.75, 3.05) is 6.26 Å². The second-order valence-corrected chi connectivity index (χ2v) is 3.73. The summed E-state index contributed by atoms with van der Waals surface area (Å²) in [5.41, 5.74) is 0. The van der Waals surface area contributed by atoms with Gasteiger partial charge in [-0.2, -0.15) is 24.9 Å². The van der Waals surface area contributed by atoms with Crippen LogP contribution in [0, 0.1) is 0 Å². The molecule has 0 spiro atoms. The molecule has 0 nitrogen and oxygen atoms in total. The molecule has 0 aliphatic heterocycles. The lowest BCUT2D eigenvalue weighted by Crippen LogP contribution is -2.09. The van der Waals surface area contributed by atoms with Gasteiger partial charge >= 0.3 is 6.18 Å². The number of alkyl halides is 3. The summed E-state index contributed by atoms with van der Waals surface area (Å²) in [7, 11) is 0. The summed E-state index contributed by atoms with van der Waals surface area (Å²) in [6, 6.07) is 0. The molecule has 0 saturated carbocycles. The minimum atomic E-state index is -4.05. The Labute approximate surface area is 68.0 Å². The lowest BCUT2D eigenvalue weighted by molar-refractivity contribution is -0.134. The number of hydrogen-bond donors (Lipinski definition) is 0. The first-order valence-corrected chi connectivity index (χ1v) is 4.47. The molecule has 0 bridgehead atoms. The van der Waals surface area contributed by atoms with Crippen molar-refractivity contribution in [1.29, 1.82) is 0 Å². The molecule has 0 aliphatic carbocycles.